The monoisotopic (exact) mass is 527 g/mol. The van der Waals surface area contributed by atoms with Crippen molar-refractivity contribution in [1.29, 1.82) is 0 Å². The van der Waals surface area contributed by atoms with E-state index in [1.165, 1.54) is 28.4 Å². The van der Waals surface area contributed by atoms with Gasteiger partial charge < -0.3 is 14.7 Å². The molecule has 1 unspecified atom stereocenters. The Balaban J connectivity index is 1.43. The SMILES string of the molecule is Cc1cc(/C(O)=C2/C(=O)C(=O)N(CCc3ccc(F)cc3)C2c2cccs2)ccc1OCc1ccccc1. The first-order valence-electron chi connectivity index (χ1n) is 12.3. The smallest absolute Gasteiger partial charge is 0.295 e. The van der Waals surface area contributed by atoms with Gasteiger partial charge >= 0.3 is 0 Å². The number of nitrogens with zero attached hydrogens (tertiary/aromatic N) is 1. The number of hydrogen-bond acceptors (Lipinski definition) is 5. The first-order valence-corrected chi connectivity index (χ1v) is 13.1. The topological polar surface area (TPSA) is 66.8 Å². The van der Waals surface area contributed by atoms with Gasteiger partial charge in [-0.3, -0.25) is 9.59 Å². The summed E-state index contributed by atoms with van der Waals surface area (Å²) in [6.07, 6.45) is 0.446. The molecule has 5 nitrogen and oxygen atoms in total. The lowest BCUT2D eigenvalue weighted by molar-refractivity contribution is -0.139. The van der Waals surface area contributed by atoms with Crippen LogP contribution in [0.4, 0.5) is 4.39 Å². The number of aryl methyl sites for hydroxylation is 1. The second-order valence-corrected chi connectivity index (χ2v) is 10.1. The largest absolute Gasteiger partial charge is 0.507 e. The van der Waals surface area contributed by atoms with Crippen molar-refractivity contribution in [1.82, 2.24) is 4.90 Å². The molecule has 0 radical (unpaired) electrons. The van der Waals surface area contributed by atoms with E-state index in [2.05, 4.69) is 0 Å². The summed E-state index contributed by atoms with van der Waals surface area (Å²) in [5, 5.41) is 13.2. The number of aliphatic hydroxyl groups excluding tert-OH is 1. The molecule has 5 rings (SSSR count). The minimum Gasteiger partial charge on any atom is -0.507 e. The number of carbonyl (C=O) groups is 2. The van der Waals surface area contributed by atoms with Crippen molar-refractivity contribution in [3.8, 4) is 5.75 Å². The molecular weight excluding hydrogens is 501 g/mol. The Labute approximate surface area is 224 Å². The second kappa shape index (κ2) is 11.0. The van der Waals surface area contributed by atoms with Crippen LogP contribution in [0, 0.1) is 12.7 Å². The van der Waals surface area contributed by atoms with Crippen LogP contribution >= 0.6 is 11.3 Å². The maximum atomic E-state index is 13.3. The van der Waals surface area contributed by atoms with Crippen LogP contribution in [0.5, 0.6) is 5.75 Å². The highest BCUT2D eigenvalue weighted by Gasteiger charge is 2.46. The molecule has 3 aromatic carbocycles. The number of rotatable bonds is 8. The van der Waals surface area contributed by atoms with Crippen molar-refractivity contribution in [3.63, 3.8) is 0 Å². The van der Waals surface area contributed by atoms with Crippen LogP contribution < -0.4 is 4.74 Å². The van der Waals surface area contributed by atoms with Crippen LogP contribution in [-0.2, 0) is 22.6 Å². The molecule has 1 atom stereocenters. The number of thiophene rings is 1. The fraction of sp³-hybridized carbons (Fsp3) is 0.161. The van der Waals surface area contributed by atoms with Crippen molar-refractivity contribution in [2.75, 3.05) is 6.54 Å². The van der Waals surface area contributed by atoms with E-state index in [1.807, 2.05) is 54.8 Å². The van der Waals surface area contributed by atoms with Crippen LogP contribution in [0.15, 0.2) is 95.9 Å². The summed E-state index contributed by atoms with van der Waals surface area (Å²) in [5.74, 6) is -1.27. The molecule has 0 spiro atoms. The van der Waals surface area contributed by atoms with Gasteiger partial charge in [0.15, 0.2) is 0 Å². The maximum absolute atomic E-state index is 13.3. The van der Waals surface area contributed by atoms with Crippen molar-refractivity contribution >= 4 is 28.8 Å². The molecule has 1 aromatic heterocycles. The summed E-state index contributed by atoms with van der Waals surface area (Å²) in [6, 6.07) is 24.1. The summed E-state index contributed by atoms with van der Waals surface area (Å²) < 4.78 is 19.3. The predicted molar refractivity (Wildman–Crippen MR) is 145 cm³/mol. The van der Waals surface area contributed by atoms with Gasteiger partial charge in [-0.25, -0.2) is 4.39 Å². The van der Waals surface area contributed by atoms with E-state index in [1.54, 1.807) is 30.3 Å². The second-order valence-electron chi connectivity index (χ2n) is 9.14. The molecule has 1 saturated heterocycles. The number of ether oxygens (including phenoxy) is 1. The van der Waals surface area contributed by atoms with Gasteiger partial charge in [0.25, 0.3) is 11.7 Å². The maximum Gasteiger partial charge on any atom is 0.295 e. The lowest BCUT2D eigenvalue weighted by Crippen LogP contribution is -2.31. The van der Waals surface area contributed by atoms with E-state index in [0.717, 1.165) is 21.6 Å². The molecular formula is C31H26FNO4S. The Kier molecular flexibility index (Phi) is 7.38. The summed E-state index contributed by atoms with van der Waals surface area (Å²) in [6.45, 7) is 2.53. The number of likely N-dealkylation sites (tertiary alicyclic amines) is 1. The zero-order valence-electron chi connectivity index (χ0n) is 20.8. The minimum absolute atomic E-state index is 0.0638. The van der Waals surface area contributed by atoms with Gasteiger partial charge in [-0.1, -0.05) is 48.5 Å². The fourth-order valence-corrected chi connectivity index (χ4v) is 5.45. The number of benzene rings is 3. The van der Waals surface area contributed by atoms with E-state index in [4.69, 9.17) is 4.74 Å². The first kappa shape index (κ1) is 25.4. The van der Waals surface area contributed by atoms with Gasteiger partial charge in [0.05, 0.1) is 11.6 Å². The molecule has 0 saturated carbocycles. The van der Waals surface area contributed by atoms with Crippen LogP contribution in [-0.4, -0.2) is 28.2 Å². The highest BCUT2D eigenvalue weighted by atomic mass is 32.1. The quantitative estimate of drug-likeness (QED) is 0.163. The lowest BCUT2D eigenvalue weighted by atomic mass is 9.98. The zero-order valence-corrected chi connectivity index (χ0v) is 21.6. The molecule has 192 valence electrons. The van der Waals surface area contributed by atoms with Gasteiger partial charge in [0.2, 0.25) is 0 Å². The molecule has 1 amide bonds. The van der Waals surface area contributed by atoms with Gasteiger partial charge in [-0.05, 0) is 71.8 Å². The number of halogens is 1. The number of Topliss-reactive ketones (excluding diaryl/α,β-unsaturated/α-hetero) is 1. The Morgan fingerprint density at radius 2 is 1.74 bits per heavy atom. The molecule has 1 fully saturated rings. The van der Waals surface area contributed by atoms with Crippen LogP contribution in [0.2, 0.25) is 0 Å². The van der Waals surface area contributed by atoms with Crippen molar-refractivity contribution in [2.24, 2.45) is 0 Å². The highest BCUT2D eigenvalue weighted by Crippen LogP contribution is 2.41. The summed E-state index contributed by atoms with van der Waals surface area (Å²) in [4.78, 5) is 28.6. The summed E-state index contributed by atoms with van der Waals surface area (Å²) >= 11 is 1.42. The Hall–Kier alpha value is -4.23. The Morgan fingerprint density at radius 1 is 0.974 bits per heavy atom. The van der Waals surface area contributed by atoms with E-state index in [-0.39, 0.29) is 23.7 Å². The normalized spacial score (nSPS) is 16.7. The molecule has 2 heterocycles. The molecule has 1 aliphatic rings. The molecule has 38 heavy (non-hydrogen) atoms. The highest BCUT2D eigenvalue weighted by molar-refractivity contribution is 7.10. The van der Waals surface area contributed by atoms with Crippen LogP contribution in [0.1, 0.15) is 33.2 Å². The number of aliphatic hydroxyl groups is 1. The fourth-order valence-electron chi connectivity index (χ4n) is 4.60. The van der Waals surface area contributed by atoms with Gasteiger partial charge in [-0.2, -0.15) is 0 Å². The molecule has 0 aliphatic carbocycles. The average molecular weight is 528 g/mol. The molecule has 1 aliphatic heterocycles. The number of hydrogen-bond donors (Lipinski definition) is 1. The van der Waals surface area contributed by atoms with Crippen molar-refractivity contribution in [2.45, 2.75) is 26.0 Å². The molecule has 4 aromatic rings. The van der Waals surface area contributed by atoms with E-state index < -0.39 is 17.7 Å². The summed E-state index contributed by atoms with van der Waals surface area (Å²) in [7, 11) is 0. The molecule has 1 N–H and O–H groups in total. The van der Waals surface area contributed by atoms with E-state index >= 15 is 0 Å². The first-order chi connectivity index (χ1) is 18.4. The third-order valence-corrected chi connectivity index (χ3v) is 7.52. The number of ketones is 1. The van der Waals surface area contributed by atoms with Gasteiger partial charge in [-0.15, -0.1) is 11.3 Å². The van der Waals surface area contributed by atoms with Crippen LogP contribution in [0.3, 0.4) is 0 Å². The zero-order chi connectivity index (χ0) is 26.6. The van der Waals surface area contributed by atoms with Gasteiger partial charge in [0, 0.05) is 17.0 Å². The Morgan fingerprint density at radius 3 is 2.42 bits per heavy atom. The van der Waals surface area contributed by atoms with E-state index in [0.29, 0.717) is 24.3 Å². The molecule has 0 bridgehead atoms. The van der Waals surface area contributed by atoms with Gasteiger partial charge in [0.1, 0.15) is 23.9 Å². The van der Waals surface area contributed by atoms with Crippen molar-refractivity contribution < 1.29 is 23.8 Å². The average Bonchev–Trinajstić information content (AvgIpc) is 3.55. The third kappa shape index (κ3) is 5.24. The summed E-state index contributed by atoms with van der Waals surface area (Å²) in [5.41, 5.74) is 3.18. The van der Waals surface area contributed by atoms with Crippen molar-refractivity contribution in [3.05, 3.63) is 129 Å². The predicted octanol–water partition coefficient (Wildman–Crippen LogP) is 6.44. The third-order valence-electron chi connectivity index (χ3n) is 6.59. The molecule has 7 heteroatoms. The standard InChI is InChI=1S/C31H26FNO4S/c1-20-18-23(11-14-25(20)37-19-22-6-3-2-4-7-22)29(34)27-28(26-8-5-17-38-26)33(31(36)30(27)35)16-15-21-9-12-24(32)13-10-21/h2-14,17-18,28,34H,15-16,19H2,1H3/b29-27-. The minimum atomic E-state index is -0.720. The lowest BCUT2D eigenvalue weighted by Gasteiger charge is -2.24. The Bertz CT molecular complexity index is 1480. The van der Waals surface area contributed by atoms with E-state index in [9.17, 15) is 19.1 Å². The number of amides is 1. The van der Waals surface area contributed by atoms with Crippen LogP contribution in [0.25, 0.3) is 5.76 Å². The number of carbonyl (C=O) groups excluding carboxylic acids is 2.